The standard InChI is InChI=1S/C24H21ClN2O.2ClH/c1-27-17-16-26-22(21-7-3-4-8-23(21)27)15-10-18-6-2-5-9-24(18)28-20-13-11-19(25)12-14-20;;/h2-15H,16-17H2,1H3;2*1H. The van der Waals surface area contributed by atoms with Crippen LogP contribution in [0.3, 0.4) is 0 Å². The average molecular weight is 462 g/mol. The highest BCUT2D eigenvalue weighted by atomic mass is 35.5. The van der Waals surface area contributed by atoms with Crippen molar-refractivity contribution in [1.29, 1.82) is 0 Å². The van der Waals surface area contributed by atoms with Crippen LogP contribution >= 0.6 is 36.4 Å². The lowest BCUT2D eigenvalue weighted by atomic mass is 10.1. The SMILES string of the molecule is CN1CCN=C(C=Cc2ccccc2Oc2ccc(Cl)cc2)c2ccccc21.Cl.Cl. The predicted molar refractivity (Wildman–Crippen MR) is 133 cm³/mol. The van der Waals surface area contributed by atoms with E-state index in [1.165, 1.54) is 5.69 Å². The van der Waals surface area contributed by atoms with Gasteiger partial charge in [-0.05, 0) is 48.6 Å². The molecule has 1 aliphatic rings. The minimum Gasteiger partial charge on any atom is -0.457 e. The number of benzodiazepines with no additional fused rings is 1. The Morgan fingerprint density at radius 2 is 1.60 bits per heavy atom. The molecule has 0 atom stereocenters. The third-order valence-corrected chi connectivity index (χ3v) is 4.94. The van der Waals surface area contributed by atoms with Crippen molar-refractivity contribution >= 4 is 53.9 Å². The number of aliphatic imine (C=N–C) groups is 1. The maximum atomic E-state index is 6.06. The molecule has 4 rings (SSSR count). The Bertz CT molecular complexity index is 1030. The van der Waals surface area contributed by atoms with Gasteiger partial charge in [0.05, 0.1) is 12.3 Å². The van der Waals surface area contributed by atoms with Gasteiger partial charge in [0.1, 0.15) is 11.5 Å². The van der Waals surface area contributed by atoms with Crippen molar-refractivity contribution in [2.45, 2.75) is 0 Å². The molecule has 0 spiro atoms. The van der Waals surface area contributed by atoms with Gasteiger partial charge in [0.2, 0.25) is 0 Å². The van der Waals surface area contributed by atoms with Gasteiger partial charge in [-0.15, -0.1) is 24.8 Å². The van der Waals surface area contributed by atoms with E-state index in [4.69, 9.17) is 21.3 Å². The van der Waals surface area contributed by atoms with Gasteiger partial charge in [0.15, 0.2) is 0 Å². The smallest absolute Gasteiger partial charge is 0.134 e. The zero-order chi connectivity index (χ0) is 19.3. The van der Waals surface area contributed by atoms with Crippen LogP contribution in [0.5, 0.6) is 11.5 Å². The number of benzene rings is 3. The maximum Gasteiger partial charge on any atom is 0.134 e. The number of likely N-dealkylation sites (N-methyl/N-ethyl adjacent to an activating group) is 1. The van der Waals surface area contributed by atoms with Crippen molar-refractivity contribution < 1.29 is 4.74 Å². The molecule has 3 aromatic rings. The van der Waals surface area contributed by atoms with E-state index in [2.05, 4.69) is 48.4 Å². The number of halogens is 3. The molecule has 6 heteroatoms. The minimum absolute atomic E-state index is 0. The lowest BCUT2D eigenvalue weighted by molar-refractivity contribution is 0.481. The monoisotopic (exact) mass is 460 g/mol. The quantitative estimate of drug-likeness (QED) is 0.421. The van der Waals surface area contributed by atoms with Gasteiger partial charge in [-0.1, -0.05) is 48.0 Å². The third-order valence-electron chi connectivity index (χ3n) is 4.69. The summed E-state index contributed by atoms with van der Waals surface area (Å²) in [5.41, 5.74) is 4.33. The number of nitrogens with zero attached hydrogens (tertiary/aromatic N) is 2. The van der Waals surface area contributed by atoms with E-state index in [0.29, 0.717) is 5.02 Å². The van der Waals surface area contributed by atoms with Gasteiger partial charge in [-0.3, -0.25) is 4.99 Å². The molecule has 156 valence electrons. The molecule has 0 N–H and O–H groups in total. The minimum atomic E-state index is 0. The number of hydrogen-bond acceptors (Lipinski definition) is 3. The first-order chi connectivity index (χ1) is 13.7. The Balaban J connectivity index is 0.00000160. The maximum absolute atomic E-state index is 6.06. The molecule has 0 aliphatic carbocycles. The molecule has 0 saturated carbocycles. The summed E-state index contributed by atoms with van der Waals surface area (Å²) in [6.45, 7) is 1.68. The number of para-hydroxylation sites is 2. The van der Waals surface area contributed by atoms with Crippen molar-refractivity contribution in [3.05, 3.63) is 95.0 Å². The van der Waals surface area contributed by atoms with Crippen LogP contribution in [0.2, 0.25) is 5.02 Å². The number of fused-ring (bicyclic) bond motifs is 1. The van der Waals surface area contributed by atoms with Crippen molar-refractivity contribution in [3.63, 3.8) is 0 Å². The average Bonchev–Trinajstić information content (AvgIpc) is 2.88. The van der Waals surface area contributed by atoms with E-state index in [9.17, 15) is 0 Å². The van der Waals surface area contributed by atoms with Gasteiger partial charge in [0.25, 0.3) is 0 Å². The highest BCUT2D eigenvalue weighted by molar-refractivity contribution is 6.30. The first-order valence-corrected chi connectivity index (χ1v) is 9.64. The van der Waals surface area contributed by atoms with Gasteiger partial charge >= 0.3 is 0 Å². The summed E-state index contributed by atoms with van der Waals surface area (Å²) in [4.78, 5) is 7.03. The van der Waals surface area contributed by atoms with E-state index in [0.717, 1.165) is 41.4 Å². The van der Waals surface area contributed by atoms with Crippen molar-refractivity contribution in [3.8, 4) is 11.5 Å². The van der Waals surface area contributed by atoms with Crippen molar-refractivity contribution in [1.82, 2.24) is 0 Å². The summed E-state index contributed by atoms with van der Waals surface area (Å²) in [6, 6.07) is 23.7. The molecule has 30 heavy (non-hydrogen) atoms. The Morgan fingerprint density at radius 1 is 0.900 bits per heavy atom. The molecule has 0 unspecified atom stereocenters. The molecular formula is C24H23Cl3N2O. The fourth-order valence-corrected chi connectivity index (χ4v) is 3.33. The number of anilines is 1. The number of ether oxygens (including phenoxy) is 1. The van der Waals surface area contributed by atoms with Crippen LogP contribution in [-0.4, -0.2) is 25.8 Å². The lowest BCUT2D eigenvalue weighted by Gasteiger charge is -2.18. The van der Waals surface area contributed by atoms with Crippen LogP contribution in [0.25, 0.3) is 6.08 Å². The summed E-state index contributed by atoms with van der Waals surface area (Å²) >= 11 is 5.96. The first kappa shape index (κ1) is 23.8. The van der Waals surface area contributed by atoms with Crippen LogP contribution in [0.1, 0.15) is 11.1 Å². The number of allylic oxidation sites excluding steroid dienone is 1. The summed E-state index contributed by atoms with van der Waals surface area (Å²) in [5.74, 6) is 1.55. The Kier molecular flexibility index (Phi) is 8.79. The van der Waals surface area contributed by atoms with Crippen molar-refractivity contribution in [2.24, 2.45) is 4.99 Å². The highest BCUT2D eigenvalue weighted by Crippen LogP contribution is 2.28. The Morgan fingerprint density at radius 3 is 2.40 bits per heavy atom. The van der Waals surface area contributed by atoms with Crippen LogP contribution in [-0.2, 0) is 0 Å². The molecule has 0 fully saturated rings. The molecule has 1 heterocycles. The first-order valence-electron chi connectivity index (χ1n) is 9.26. The summed E-state index contributed by atoms with van der Waals surface area (Å²) in [5, 5.41) is 0.690. The molecular weight excluding hydrogens is 439 g/mol. The van der Waals surface area contributed by atoms with E-state index in [1.807, 2.05) is 48.5 Å². The summed E-state index contributed by atoms with van der Waals surface area (Å²) < 4.78 is 6.06. The van der Waals surface area contributed by atoms with Gasteiger partial charge in [-0.2, -0.15) is 0 Å². The van der Waals surface area contributed by atoms with Crippen LogP contribution in [0, 0.1) is 0 Å². The van der Waals surface area contributed by atoms with Crippen molar-refractivity contribution in [2.75, 3.05) is 25.0 Å². The third kappa shape index (κ3) is 5.57. The molecule has 0 bridgehead atoms. The normalized spacial score (nSPS) is 12.9. The molecule has 3 nitrogen and oxygen atoms in total. The second kappa shape index (κ2) is 11.1. The zero-order valence-electron chi connectivity index (χ0n) is 16.5. The van der Waals surface area contributed by atoms with Crippen LogP contribution < -0.4 is 9.64 Å². The fourth-order valence-electron chi connectivity index (χ4n) is 3.20. The second-order valence-electron chi connectivity index (χ2n) is 6.63. The van der Waals surface area contributed by atoms with E-state index >= 15 is 0 Å². The fraction of sp³-hybridized carbons (Fsp3) is 0.125. The van der Waals surface area contributed by atoms with Gasteiger partial charge in [0, 0.05) is 35.4 Å². The molecule has 0 saturated heterocycles. The molecule has 0 aromatic heterocycles. The van der Waals surface area contributed by atoms with E-state index in [-0.39, 0.29) is 24.8 Å². The van der Waals surface area contributed by atoms with Crippen LogP contribution in [0.4, 0.5) is 5.69 Å². The van der Waals surface area contributed by atoms with Gasteiger partial charge in [-0.25, -0.2) is 0 Å². The molecule has 1 aliphatic heterocycles. The van der Waals surface area contributed by atoms with E-state index < -0.39 is 0 Å². The topological polar surface area (TPSA) is 24.8 Å². The zero-order valence-corrected chi connectivity index (χ0v) is 18.9. The molecule has 0 amide bonds. The summed E-state index contributed by atoms with van der Waals surface area (Å²) in [7, 11) is 2.11. The predicted octanol–water partition coefficient (Wildman–Crippen LogP) is 6.93. The van der Waals surface area contributed by atoms with Crippen LogP contribution in [0.15, 0.2) is 83.9 Å². The van der Waals surface area contributed by atoms with Gasteiger partial charge < -0.3 is 9.64 Å². The Hall–Kier alpha value is -2.46. The molecule has 0 radical (unpaired) electrons. The lowest BCUT2D eigenvalue weighted by Crippen LogP contribution is -2.20. The highest BCUT2D eigenvalue weighted by Gasteiger charge is 2.13. The number of rotatable bonds is 4. The molecule has 3 aromatic carbocycles. The largest absolute Gasteiger partial charge is 0.457 e. The number of hydrogen-bond donors (Lipinski definition) is 0. The second-order valence-corrected chi connectivity index (χ2v) is 7.07. The Labute approximate surface area is 194 Å². The van der Waals surface area contributed by atoms with E-state index in [1.54, 1.807) is 0 Å². The summed E-state index contributed by atoms with van der Waals surface area (Å²) in [6.07, 6.45) is 4.13.